The maximum atomic E-state index is 9.74. The Morgan fingerprint density at radius 2 is 2.29 bits per heavy atom. The topological polar surface area (TPSA) is 106 Å². The minimum atomic E-state index is 0.173. The van der Waals surface area contributed by atoms with Gasteiger partial charge < -0.3 is 16.9 Å². The average Bonchev–Trinajstić information content (AvgIpc) is 2.54. The fraction of sp³-hybridized carbons (Fsp3) is 0.267. The molecule has 1 heterocycles. The lowest BCUT2D eigenvalue weighted by Gasteiger charge is -2.15. The van der Waals surface area contributed by atoms with Crippen LogP contribution in [0, 0.1) is 0 Å². The highest BCUT2D eigenvalue weighted by atomic mass is 16.1. The minimum Gasteiger partial charge on any atom is -0.405 e. The number of carbonyl (C=O) groups is 1. The van der Waals surface area contributed by atoms with Crippen molar-refractivity contribution in [3.8, 4) is 0 Å². The molecular weight excluding hydrogens is 266 g/mol. The third kappa shape index (κ3) is 5.48. The molecule has 5 N–H and O–H groups in total. The number of nitrogens with one attached hydrogen (secondary N) is 1. The van der Waals surface area contributed by atoms with Gasteiger partial charge in [-0.25, -0.2) is 0 Å². The van der Waals surface area contributed by atoms with Crippen LogP contribution in [0.5, 0.6) is 0 Å². The van der Waals surface area contributed by atoms with E-state index in [2.05, 4.69) is 21.6 Å². The molecule has 21 heavy (non-hydrogen) atoms. The van der Waals surface area contributed by atoms with Crippen LogP contribution in [0.1, 0.15) is 24.1 Å². The van der Waals surface area contributed by atoms with Crippen molar-refractivity contribution in [3.63, 3.8) is 0 Å². The number of aromatic nitrogens is 1. The molecule has 0 unspecified atom stereocenters. The third-order valence-electron chi connectivity index (χ3n) is 2.81. The summed E-state index contributed by atoms with van der Waals surface area (Å²) >= 11 is 0. The van der Waals surface area contributed by atoms with Crippen molar-refractivity contribution < 1.29 is 4.79 Å². The summed E-state index contributed by atoms with van der Waals surface area (Å²) in [5, 5.41) is 4.23. The molecule has 1 aromatic rings. The molecule has 6 heteroatoms. The number of allylic oxidation sites excluding steroid dienone is 3. The van der Waals surface area contributed by atoms with Crippen LogP contribution in [0.3, 0.4) is 0 Å². The fourth-order valence-corrected chi connectivity index (χ4v) is 1.91. The lowest BCUT2D eigenvalue weighted by Crippen LogP contribution is -2.16. The highest BCUT2D eigenvalue weighted by Crippen LogP contribution is 2.18. The number of fused-ring (bicyclic) bond motifs is 1. The number of pyridine rings is 1. The van der Waals surface area contributed by atoms with Gasteiger partial charge in [0.2, 0.25) is 0 Å². The number of hydrazone groups is 1. The highest BCUT2D eigenvalue weighted by Gasteiger charge is 2.15. The lowest BCUT2D eigenvalue weighted by molar-refractivity contribution is -0.104. The van der Waals surface area contributed by atoms with E-state index in [-0.39, 0.29) is 5.70 Å². The molecule has 1 aliphatic carbocycles. The van der Waals surface area contributed by atoms with Gasteiger partial charge in [-0.15, -0.1) is 0 Å². The maximum absolute atomic E-state index is 9.74. The Hall–Kier alpha value is -2.63. The van der Waals surface area contributed by atoms with Gasteiger partial charge in [-0.2, -0.15) is 5.10 Å². The highest BCUT2D eigenvalue weighted by molar-refractivity contribution is 6.00. The first-order valence-corrected chi connectivity index (χ1v) is 6.69. The van der Waals surface area contributed by atoms with Gasteiger partial charge in [-0.1, -0.05) is 6.07 Å². The van der Waals surface area contributed by atoms with Crippen LogP contribution in [0.4, 0.5) is 0 Å². The first kappa shape index (κ1) is 16.4. The van der Waals surface area contributed by atoms with E-state index < -0.39 is 0 Å². The normalized spacial score (nSPS) is 16.0. The average molecular weight is 287 g/mol. The van der Waals surface area contributed by atoms with Gasteiger partial charge in [0.15, 0.2) is 6.29 Å². The number of hydrogen-bond acceptors (Lipinski definition) is 6. The maximum Gasteiger partial charge on any atom is 0.165 e. The summed E-state index contributed by atoms with van der Waals surface area (Å²) in [6, 6.07) is 4.12. The monoisotopic (exact) mass is 287 g/mol. The van der Waals surface area contributed by atoms with Crippen molar-refractivity contribution in [2.24, 2.45) is 16.6 Å². The van der Waals surface area contributed by atoms with Crippen LogP contribution >= 0.6 is 0 Å². The van der Waals surface area contributed by atoms with Gasteiger partial charge in [0, 0.05) is 13.2 Å². The van der Waals surface area contributed by atoms with Gasteiger partial charge in [0.25, 0.3) is 0 Å². The summed E-state index contributed by atoms with van der Waals surface area (Å²) in [4.78, 5) is 14.1. The number of rotatable bonds is 3. The molecule has 0 bridgehead atoms. The predicted molar refractivity (Wildman–Crippen MR) is 84.4 cm³/mol. The molecule has 0 saturated carbocycles. The van der Waals surface area contributed by atoms with Gasteiger partial charge >= 0.3 is 0 Å². The second-order valence-electron chi connectivity index (χ2n) is 4.32. The van der Waals surface area contributed by atoms with Crippen molar-refractivity contribution in [1.82, 2.24) is 10.4 Å². The van der Waals surface area contributed by atoms with E-state index in [1.807, 2.05) is 19.3 Å². The number of nitrogens with zero attached hydrogens (tertiary/aromatic N) is 2. The molecule has 1 aliphatic rings. The van der Waals surface area contributed by atoms with E-state index >= 15 is 0 Å². The van der Waals surface area contributed by atoms with Crippen LogP contribution in [-0.2, 0) is 11.2 Å². The first-order chi connectivity index (χ1) is 10.2. The summed E-state index contributed by atoms with van der Waals surface area (Å²) in [6.45, 7) is 0. The summed E-state index contributed by atoms with van der Waals surface area (Å²) in [7, 11) is 1.82. The van der Waals surface area contributed by atoms with Crippen molar-refractivity contribution in [1.29, 1.82) is 0 Å². The largest absolute Gasteiger partial charge is 0.405 e. The second-order valence-corrected chi connectivity index (χ2v) is 4.32. The van der Waals surface area contributed by atoms with Gasteiger partial charge in [0.05, 0.1) is 17.1 Å². The Kier molecular flexibility index (Phi) is 7.28. The van der Waals surface area contributed by atoms with E-state index in [0.29, 0.717) is 6.29 Å². The molecule has 0 spiro atoms. The molecule has 2 rings (SSSR count). The lowest BCUT2D eigenvalue weighted by atomic mass is 9.95. The van der Waals surface area contributed by atoms with Crippen molar-refractivity contribution in [3.05, 3.63) is 53.6 Å². The molecule has 0 saturated heterocycles. The Labute approximate surface area is 124 Å². The van der Waals surface area contributed by atoms with Gasteiger partial charge in [-0.05, 0) is 49.2 Å². The Balaban J connectivity index is 0.000000240. The number of aldehydes is 1. The van der Waals surface area contributed by atoms with E-state index in [9.17, 15) is 4.79 Å². The molecule has 1 aromatic heterocycles. The Morgan fingerprint density at radius 1 is 1.48 bits per heavy atom. The molecule has 6 nitrogen and oxygen atoms in total. The third-order valence-corrected chi connectivity index (χ3v) is 2.81. The first-order valence-electron chi connectivity index (χ1n) is 6.69. The van der Waals surface area contributed by atoms with Crippen molar-refractivity contribution >= 4 is 12.0 Å². The van der Waals surface area contributed by atoms with Crippen LogP contribution in [0.15, 0.2) is 47.5 Å². The molecule has 0 atom stereocenters. The second kappa shape index (κ2) is 9.30. The summed E-state index contributed by atoms with van der Waals surface area (Å²) in [5.74, 6) is 0. The molecule has 112 valence electrons. The molecule has 0 fully saturated rings. The SMILES string of the molecule is CN/N=C1\CCCc2cccnc21.N/C=C\C=C(/N)C=O. The van der Waals surface area contributed by atoms with E-state index in [0.717, 1.165) is 24.2 Å². The van der Waals surface area contributed by atoms with E-state index in [4.69, 9.17) is 11.5 Å². The predicted octanol–water partition coefficient (Wildman–Crippen LogP) is 0.842. The zero-order chi connectivity index (χ0) is 15.5. The van der Waals surface area contributed by atoms with Crippen LogP contribution < -0.4 is 16.9 Å². The minimum absolute atomic E-state index is 0.173. The van der Waals surface area contributed by atoms with Gasteiger partial charge in [0.1, 0.15) is 0 Å². The summed E-state index contributed by atoms with van der Waals surface area (Å²) in [5.41, 5.74) is 16.5. The summed E-state index contributed by atoms with van der Waals surface area (Å²) < 4.78 is 0. The van der Waals surface area contributed by atoms with Crippen LogP contribution in [0.25, 0.3) is 0 Å². The number of carbonyl (C=O) groups excluding carboxylic acids is 1. The molecular formula is C15H21N5O. The standard InChI is InChI=1S/C10H13N3.C5H8N2O/c1-11-13-9-6-2-4-8-5-3-7-12-10(8)9;6-3-1-2-5(7)4-8/h3,5,7,11H,2,4,6H2,1H3;1-4H,6-7H2/b13-9+;3-1-,5-2-. The molecule has 0 aromatic carbocycles. The number of aryl methyl sites for hydroxylation is 1. The van der Waals surface area contributed by atoms with Crippen molar-refractivity contribution in [2.75, 3.05) is 7.05 Å². The Bertz CT molecular complexity index is 549. The number of hydrogen-bond donors (Lipinski definition) is 3. The summed E-state index contributed by atoms with van der Waals surface area (Å²) in [6.07, 6.45) is 9.94. The number of nitrogens with two attached hydrogens (primary N) is 2. The molecule has 0 radical (unpaired) electrons. The van der Waals surface area contributed by atoms with E-state index in [1.165, 1.54) is 30.3 Å². The zero-order valence-corrected chi connectivity index (χ0v) is 12.1. The van der Waals surface area contributed by atoms with Gasteiger partial charge in [-0.3, -0.25) is 9.78 Å². The Morgan fingerprint density at radius 3 is 2.95 bits per heavy atom. The molecule has 0 aliphatic heterocycles. The smallest absolute Gasteiger partial charge is 0.165 e. The molecule has 0 amide bonds. The zero-order valence-electron chi connectivity index (χ0n) is 12.1. The fourth-order valence-electron chi connectivity index (χ4n) is 1.91. The van der Waals surface area contributed by atoms with Crippen LogP contribution in [-0.4, -0.2) is 24.0 Å². The van der Waals surface area contributed by atoms with Crippen molar-refractivity contribution in [2.45, 2.75) is 19.3 Å². The van der Waals surface area contributed by atoms with Crippen LogP contribution in [0.2, 0.25) is 0 Å². The van der Waals surface area contributed by atoms with E-state index in [1.54, 1.807) is 0 Å². The quantitative estimate of drug-likeness (QED) is 0.330.